The Labute approximate surface area is 88.7 Å². The van der Waals surface area contributed by atoms with Crippen molar-refractivity contribution >= 4 is 11.6 Å². The average molecular weight is 216 g/mol. The molecule has 0 aliphatic heterocycles. The molecular formula is C10H14ClNO2. The molecule has 0 amide bonds. The Morgan fingerprint density at radius 3 is 2.93 bits per heavy atom. The Bertz CT molecular complexity index is 291. The second kappa shape index (κ2) is 5.83. The molecule has 4 heteroatoms. The van der Waals surface area contributed by atoms with Crippen LogP contribution in [0.5, 0.6) is 5.88 Å². The van der Waals surface area contributed by atoms with Crippen LogP contribution < -0.4 is 4.74 Å². The zero-order chi connectivity index (χ0) is 10.4. The predicted molar refractivity (Wildman–Crippen MR) is 55.6 cm³/mol. The van der Waals surface area contributed by atoms with Crippen molar-refractivity contribution in [3.8, 4) is 5.88 Å². The number of hydrogen-bond acceptors (Lipinski definition) is 3. The average Bonchev–Trinajstić information content (AvgIpc) is 2.20. The van der Waals surface area contributed by atoms with E-state index < -0.39 is 0 Å². The number of hydrogen-bond donors (Lipinski definition) is 1. The minimum absolute atomic E-state index is 0.0536. The minimum Gasteiger partial charge on any atom is -0.477 e. The first kappa shape index (κ1) is 11.3. The molecule has 0 aromatic carbocycles. The van der Waals surface area contributed by atoms with Gasteiger partial charge >= 0.3 is 0 Å². The van der Waals surface area contributed by atoms with E-state index in [-0.39, 0.29) is 6.61 Å². The minimum atomic E-state index is -0.0536. The van der Waals surface area contributed by atoms with E-state index in [0.717, 1.165) is 12.8 Å². The van der Waals surface area contributed by atoms with Crippen molar-refractivity contribution in [2.24, 2.45) is 0 Å². The van der Waals surface area contributed by atoms with E-state index in [1.54, 1.807) is 12.3 Å². The van der Waals surface area contributed by atoms with Crippen LogP contribution in [0.1, 0.15) is 25.3 Å². The van der Waals surface area contributed by atoms with Gasteiger partial charge < -0.3 is 9.84 Å². The van der Waals surface area contributed by atoms with Crippen molar-refractivity contribution in [2.75, 3.05) is 6.61 Å². The third kappa shape index (κ3) is 3.16. The van der Waals surface area contributed by atoms with E-state index >= 15 is 0 Å². The molecule has 1 aromatic rings. The summed E-state index contributed by atoms with van der Waals surface area (Å²) in [6, 6.07) is 1.66. The van der Waals surface area contributed by atoms with Gasteiger partial charge in [0.25, 0.3) is 0 Å². The molecule has 0 atom stereocenters. The van der Waals surface area contributed by atoms with Gasteiger partial charge in [-0.25, -0.2) is 4.98 Å². The number of ether oxygens (including phenoxy) is 1. The molecule has 0 bridgehead atoms. The highest BCUT2D eigenvalue weighted by Crippen LogP contribution is 2.22. The molecule has 1 rings (SSSR count). The van der Waals surface area contributed by atoms with Gasteiger partial charge in [-0.2, -0.15) is 0 Å². The lowest BCUT2D eigenvalue weighted by atomic mass is 10.3. The molecule has 1 heterocycles. The van der Waals surface area contributed by atoms with Crippen LogP contribution in [0.3, 0.4) is 0 Å². The summed E-state index contributed by atoms with van der Waals surface area (Å²) in [6.07, 6.45) is 3.62. The summed E-state index contributed by atoms with van der Waals surface area (Å²) < 4.78 is 5.35. The first-order valence-electron chi connectivity index (χ1n) is 4.66. The quantitative estimate of drug-likeness (QED) is 0.767. The van der Waals surface area contributed by atoms with Crippen LogP contribution in [-0.2, 0) is 6.61 Å². The van der Waals surface area contributed by atoms with Gasteiger partial charge in [-0.05, 0) is 18.1 Å². The number of unbranched alkanes of at least 4 members (excludes halogenated alkanes) is 1. The van der Waals surface area contributed by atoms with Crippen molar-refractivity contribution in [3.63, 3.8) is 0 Å². The SMILES string of the molecule is CCCCOc1ncc(CO)cc1Cl. The third-order valence-electron chi connectivity index (χ3n) is 1.78. The summed E-state index contributed by atoms with van der Waals surface area (Å²) in [5, 5.41) is 9.28. The molecule has 0 aliphatic carbocycles. The zero-order valence-electron chi connectivity index (χ0n) is 8.16. The molecule has 3 nitrogen and oxygen atoms in total. The third-order valence-corrected chi connectivity index (χ3v) is 2.05. The first-order valence-corrected chi connectivity index (χ1v) is 5.03. The van der Waals surface area contributed by atoms with Crippen molar-refractivity contribution in [2.45, 2.75) is 26.4 Å². The Kier molecular flexibility index (Phi) is 4.70. The monoisotopic (exact) mass is 215 g/mol. The summed E-state index contributed by atoms with van der Waals surface area (Å²) in [5.74, 6) is 0.442. The topological polar surface area (TPSA) is 42.4 Å². The van der Waals surface area contributed by atoms with Gasteiger partial charge in [0, 0.05) is 6.20 Å². The summed E-state index contributed by atoms with van der Waals surface area (Å²) >= 11 is 5.89. The number of aliphatic hydroxyl groups is 1. The van der Waals surface area contributed by atoms with Crippen LogP contribution in [0.4, 0.5) is 0 Å². The fourth-order valence-corrected chi connectivity index (χ4v) is 1.21. The van der Waals surface area contributed by atoms with E-state index in [2.05, 4.69) is 11.9 Å². The molecule has 0 spiro atoms. The fourth-order valence-electron chi connectivity index (χ4n) is 0.971. The van der Waals surface area contributed by atoms with Gasteiger partial charge in [0.05, 0.1) is 13.2 Å². The number of aromatic nitrogens is 1. The summed E-state index contributed by atoms with van der Waals surface area (Å²) in [6.45, 7) is 2.66. The van der Waals surface area contributed by atoms with E-state index in [0.29, 0.717) is 23.1 Å². The molecule has 0 fully saturated rings. The molecule has 0 unspecified atom stereocenters. The van der Waals surface area contributed by atoms with E-state index in [1.807, 2.05) is 0 Å². The smallest absolute Gasteiger partial charge is 0.232 e. The number of pyridine rings is 1. The van der Waals surface area contributed by atoms with Crippen molar-refractivity contribution in [1.82, 2.24) is 4.98 Å². The van der Waals surface area contributed by atoms with Crippen LogP contribution in [0, 0.1) is 0 Å². The predicted octanol–water partition coefficient (Wildman–Crippen LogP) is 2.41. The van der Waals surface area contributed by atoms with Crippen molar-refractivity contribution in [1.29, 1.82) is 0 Å². The van der Waals surface area contributed by atoms with Gasteiger partial charge in [-0.3, -0.25) is 0 Å². The maximum atomic E-state index is 8.83. The van der Waals surface area contributed by atoms with Crippen LogP contribution in [0.15, 0.2) is 12.3 Å². The summed E-state index contributed by atoms with van der Waals surface area (Å²) in [5.41, 5.74) is 0.692. The highest BCUT2D eigenvalue weighted by atomic mass is 35.5. The van der Waals surface area contributed by atoms with Gasteiger partial charge in [0.15, 0.2) is 0 Å². The second-order valence-electron chi connectivity index (χ2n) is 2.99. The van der Waals surface area contributed by atoms with Crippen LogP contribution in [0.25, 0.3) is 0 Å². The molecule has 14 heavy (non-hydrogen) atoms. The van der Waals surface area contributed by atoms with E-state index in [1.165, 1.54) is 0 Å². The molecule has 1 N–H and O–H groups in total. The Hall–Kier alpha value is -0.800. The summed E-state index contributed by atoms with van der Waals surface area (Å²) in [4.78, 5) is 4.01. The lowest BCUT2D eigenvalue weighted by molar-refractivity contribution is 0.278. The van der Waals surface area contributed by atoms with Crippen molar-refractivity contribution in [3.05, 3.63) is 22.8 Å². The Morgan fingerprint density at radius 2 is 2.36 bits per heavy atom. The Balaban J connectivity index is 2.59. The van der Waals surface area contributed by atoms with E-state index in [4.69, 9.17) is 21.4 Å². The lowest BCUT2D eigenvalue weighted by Crippen LogP contribution is -1.99. The molecule has 0 saturated carbocycles. The molecule has 1 aromatic heterocycles. The molecule has 0 saturated heterocycles. The lowest BCUT2D eigenvalue weighted by Gasteiger charge is -2.06. The Morgan fingerprint density at radius 1 is 1.57 bits per heavy atom. The number of halogens is 1. The van der Waals surface area contributed by atoms with Crippen molar-refractivity contribution < 1.29 is 9.84 Å². The standard InChI is InChI=1S/C10H14ClNO2/c1-2-3-4-14-10-9(11)5-8(7-13)6-12-10/h5-6,13H,2-4,7H2,1H3. The van der Waals surface area contributed by atoms with Gasteiger partial charge in [0.1, 0.15) is 5.02 Å². The molecule has 0 radical (unpaired) electrons. The summed E-state index contributed by atoms with van der Waals surface area (Å²) in [7, 11) is 0. The van der Waals surface area contributed by atoms with Crippen LogP contribution in [-0.4, -0.2) is 16.7 Å². The zero-order valence-corrected chi connectivity index (χ0v) is 8.92. The van der Waals surface area contributed by atoms with Gasteiger partial charge in [-0.1, -0.05) is 24.9 Å². The molecule has 0 aliphatic rings. The van der Waals surface area contributed by atoms with Gasteiger partial charge in [0.2, 0.25) is 5.88 Å². The van der Waals surface area contributed by atoms with Gasteiger partial charge in [-0.15, -0.1) is 0 Å². The number of aliphatic hydroxyl groups excluding tert-OH is 1. The number of nitrogens with zero attached hydrogens (tertiary/aromatic N) is 1. The maximum Gasteiger partial charge on any atom is 0.232 e. The highest BCUT2D eigenvalue weighted by molar-refractivity contribution is 6.31. The second-order valence-corrected chi connectivity index (χ2v) is 3.40. The first-order chi connectivity index (χ1) is 6.77. The molecule has 78 valence electrons. The number of rotatable bonds is 5. The normalized spacial score (nSPS) is 10.2. The highest BCUT2D eigenvalue weighted by Gasteiger charge is 2.03. The largest absolute Gasteiger partial charge is 0.477 e. The maximum absolute atomic E-state index is 8.83. The fraction of sp³-hybridized carbons (Fsp3) is 0.500. The van der Waals surface area contributed by atoms with Crippen LogP contribution in [0.2, 0.25) is 5.02 Å². The molecular weight excluding hydrogens is 202 g/mol. The van der Waals surface area contributed by atoms with E-state index in [9.17, 15) is 0 Å². The van der Waals surface area contributed by atoms with Crippen LogP contribution >= 0.6 is 11.6 Å².